The third-order valence-electron chi connectivity index (χ3n) is 6.06. The fourth-order valence-corrected chi connectivity index (χ4v) is 4.49. The second kappa shape index (κ2) is 8.23. The maximum atomic E-state index is 11.6. The zero-order valence-electron chi connectivity index (χ0n) is 18.3. The summed E-state index contributed by atoms with van der Waals surface area (Å²) in [6, 6.07) is 7.27. The predicted molar refractivity (Wildman–Crippen MR) is 125 cm³/mol. The first kappa shape index (κ1) is 20.4. The van der Waals surface area contributed by atoms with Crippen molar-refractivity contribution in [2.75, 3.05) is 30.4 Å². The number of urea groups is 1. The fraction of sp³-hybridized carbons (Fsp3) is 0.391. The van der Waals surface area contributed by atoms with Crippen molar-refractivity contribution in [2.24, 2.45) is 0 Å². The SMILES string of the molecule is C=Cc1nn(CC)c2nc(-c3ccc(NC(=O)NC)cc3)nc(N3CC4CCC(C3)O4)c12. The van der Waals surface area contributed by atoms with E-state index >= 15 is 0 Å². The Morgan fingerprint density at radius 3 is 2.56 bits per heavy atom. The summed E-state index contributed by atoms with van der Waals surface area (Å²) in [4.78, 5) is 23.8. The Morgan fingerprint density at radius 1 is 1.22 bits per heavy atom. The van der Waals surface area contributed by atoms with Crippen molar-refractivity contribution < 1.29 is 9.53 Å². The van der Waals surface area contributed by atoms with E-state index in [0.29, 0.717) is 18.1 Å². The molecule has 1 aromatic carbocycles. The molecule has 2 unspecified atom stereocenters. The number of aromatic nitrogens is 4. The standard InChI is InChI=1S/C23H27N7O2/c1-4-18-19-21(29-12-16-10-11-17(13-29)32-16)26-20(27-22(19)30(5-2)28-18)14-6-8-15(9-7-14)25-23(31)24-3/h4,6-9,16-17H,1,5,10-13H2,2-3H3,(H2,24,25,31). The zero-order valence-corrected chi connectivity index (χ0v) is 18.3. The van der Waals surface area contributed by atoms with Gasteiger partial charge in [-0.2, -0.15) is 5.10 Å². The number of nitrogens with zero attached hydrogens (tertiary/aromatic N) is 5. The van der Waals surface area contributed by atoms with Crippen LogP contribution in [0.5, 0.6) is 0 Å². The Labute approximate surface area is 186 Å². The Bertz CT molecular complexity index is 1160. The van der Waals surface area contributed by atoms with E-state index in [1.165, 1.54) is 0 Å². The van der Waals surface area contributed by atoms with Crippen LogP contribution in [0.25, 0.3) is 28.5 Å². The smallest absolute Gasteiger partial charge is 0.318 e. The molecule has 2 bridgehead atoms. The minimum absolute atomic E-state index is 0.241. The molecule has 2 N–H and O–H groups in total. The second-order valence-electron chi connectivity index (χ2n) is 8.12. The van der Waals surface area contributed by atoms with Crippen LogP contribution in [0, 0.1) is 0 Å². The molecule has 0 saturated carbocycles. The highest BCUT2D eigenvalue weighted by Gasteiger charge is 2.35. The van der Waals surface area contributed by atoms with Gasteiger partial charge in [-0.15, -0.1) is 0 Å². The molecule has 2 aliphatic rings. The normalized spacial score (nSPS) is 19.9. The van der Waals surface area contributed by atoms with Crippen molar-refractivity contribution in [1.82, 2.24) is 25.1 Å². The maximum absolute atomic E-state index is 11.6. The summed E-state index contributed by atoms with van der Waals surface area (Å²) in [6.07, 6.45) is 4.43. The van der Waals surface area contributed by atoms with Crippen molar-refractivity contribution in [3.8, 4) is 11.4 Å². The number of morpholine rings is 1. The van der Waals surface area contributed by atoms with Gasteiger partial charge in [0.05, 0.1) is 23.3 Å². The predicted octanol–water partition coefficient (Wildman–Crippen LogP) is 3.28. The molecular weight excluding hydrogens is 406 g/mol. The average Bonchev–Trinajstić information content (AvgIpc) is 3.37. The van der Waals surface area contributed by atoms with Crippen LogP contribution in [0.15, 0.2) is 30.8 Å². The maximum Gasteiger partial charge on any atom is 0.318 e. The molecule has 3 aromatic rings. The zero-order chi connectivity index (χ0) is 22.2. The number of carbonyl (C=O) groups is 1. The third-order valence-corrected chi connectivity index (χ3v) is 6.06. The Kier molecular flexibility index (Phi) is 5.26. The van der Waals surface area contributed by atoms with E-state index in [1.54, 1.807) is 13.1 Å². The first-order chi connectivity index (χ1) is 15.6. The lowest BCUT2D eigenvalue weighted by atomic mass is 10.1. The highest BCUT2D eigenvalue weighted by Crippen LogP contribution is 2.35. The lowest BCUT2D eigenvalue weighted by Crippen LogP contribution is -2.43. The molecule has 2 atom stereocenters. The van der Waals surface area contributed by atoms with Crippen LogP contribution in [-0.4, -0.2) is 58.1 Å². The number of hydrogen-bond acceptors (Lipinski definition) is 6. The number of rotatable bonds is 5. The first-order valence-electron chi connectivity index (χ1n) is 11.0. The molecule has 9 nitrogen and oxygen atoms in total. The highest BCUT2D eigenvalue weighted by molar-refractivity contribution is 5.95. The molecule has 2 aliphatic heterocycles. The quantitative estimate of drug-likeness (QED) is 0.641. The van der Waals surface area contributed by atoms with E-state index in [2.05, 4.69) is 29.0 Å². The van der Waals surface area contributed by atoms with Crippen LogP contribution < -0.4 is 15.5 Å². The molecule has 32 heavy (non-hydrogen) atoms. The van der Waals surface area contributed by atoms with Crippen LogP contribution in [0.3, 0.4) is 0 Å². The number of hydrogen-bond donors (Lipinski definition) is 2. The van der Waals surface area contributed by atoms with Crippen LogP contribution in [-0.2, 0) is 11.3 Å². The van der Waals surface area contributed by atoms with Gasteiger partial charge in [-0.1, -0.05) is 6.58 Å². The number of carbonyl (C=O) groups excluding carboxylic acids is 1. The molecule has 2 aromatic heterocycles. The largest absolute Gasteiger partial charge is 0.371 e. The number of nitrogens with one attached hydrogen (secondary N) is 2. The van der Waals surface area contributed by atoms with Crippen molar-refractivity contribution in [3.05, 3.63) is 36.5 Å². The Hall–Kier alpha value is -3.46. The molecule has 5 rings (SSSR count). The summed E-state index contributed by atoms with van der Waals surface area (Å²) in [5.41, 5.74) is 3.17. The molecule has 2 fully saturated rings. The molecular formula is C23H27N7O2. The molecule has 0 aliphatic carbocycles. The number of amides is 2. The molecule has 0 spiro atoms. The van der Waals surface area contributed by atoms with E-state index in [0.717, 1.165) is 54.0 Å². The minimum atomic E-state index is -0.261. The highest BCUT2D eigenvalue weighted by atomic mass is 16.5. The molecule has 2 amide bonds. The number of benzene rings is 1. The van der Waals surface area contributed by atoms with Gasteiger partial charge in [0.25, 0.3) is 0 Å². The lowest BCUT2D eigenvalue weighted by Gasteiger charge is -2.33. The van der Waals surface area contributed by atoms with Crippen molar-refractivity contribution in [1.29, 1.82) is 0 Å². The fourth-order valence-electron chi connectivity index (χ4n) is 4.49. The number of fused-ring (bicyclic) bond motifs is 3. The van der Waals surface area contributed by atoms with Crippen LogP contribution in [0.1, 0.15) is 25.5 Å². The summed E-state index contributed by atoms with van der Waals surface area (Å²) in [5, 5.41) is 11.0. The van der Waals surface area contributed by atoms with E-state index in [9.17, 15) is 4.79 Å². The minimum Gasteiger partial charge on any atom is -0.371 e. The third kappa shape index (κ3) is 3.58. The molecule has 2 saturated heterocycles. The van der Waals surface area contributed by atoms with E-state index in [4.69, 9.17) is 19.8 Å². The van der Waals surface area contributed by atoms with E-state index in [1.807, 2.05) is 28.9 Å². The molecule has 0 radical (unpaired) electrons. The van der Waals surface area contributed by atoms with Gasteiger partial charge in [-0.3, -0.25) is 0 Å². The van der Waals surface area contributed by atoms with Gasteiger partial charge >= 0.3 is 6.03 Å². The molecule has 4 heterocycles. The number of aryl methyl sites for hydroxylation is 1. The van der Waals surface area contributed by atoms with Crippen molar-refractivity contribution in [2.45, 2.75) is 38.5 Å². The van der Waals surface area contributed by atoms with Crippen molar-refractivity contribution >= 4 is 34.6 Å². The number of ether oxygens (including phenoxy) is 1. The Morgan fingerprint density at radius 2 is 1.94 bits per heavy atom. The van der Waals surface area contributed by atoms with Crippen molar-refractivity contribution in [3.63, 3.8) is 0 Å². The summed E-state index contributed by atoms with van der Waals surface area (Å²) in [5.74, 6) is 1.51. The van der Waals surface area contributed by atoms with Gasteiger partial charge in [-0.05, 0) is 50.1 Å². The average molecular weight is 434 g/mol. The molecule has 9 heteroatoms. The van der Waals surface area contributed by atoms with Gasteiger partial charge < -0.3 is 20.3 Å². The van der Waals surface area contributed by atoms with Crippen LogP contribution in [0.4, 0.5) is 16.3 Å². The van der Waals surface area contributed by atoms with Gasteiger partial charge in [0.1, 0.15) is 5.82 Å². The Balaban J connectivity index is 1.61. The van der Waals surface area contributed by atoms with Gasteiger partial charge in [0.15, 0.2) is 11.5 Å². The topological polar surface area (TPSA) is 97.2 Å². The van der Waals surface area contributed by atoms with Gasteiger partial charge in [0, 0.05) is 37.9 Å². The molecule has 166 valence electrons. The van der Waals surface area contributed by atoms with Gasteiger partial charge in [0.2, 0.25) is 0 Å². The van der Waals surface area contributed by atoms with Crippen LogP contribution in [0.2, 0.25) is 0 Å². The summed E-state index contributed by atoms with van der Waals surface area (Å²) >= 11 is 0. The monoisotopic (exact) mass is 433 g/mol. The summed E-state index contributed by atoms with van der Waals surface area (Å²) in [6.45, 7) is 8.33. The van der Waals surface area contributed by atoms with E-state index < -0.39 is 0 Å². The summed E-state index contributed by atoms with van der Waals surface area (Å²) in [7, 11) is 1.58. The van der Waals surface area contributed by atoms with Gasteiger partial charge in [-0.25, -0.2) is 19.4 Å². The number of anilines is 2. The lowest BCUT2D eigenvalue weighted by molar-refractivity contribution is 0.0303. The summed E-state index contributed by atoms with van der Waals surface area (Å²) < 4.78 is 7.95. The second-order valence-corrected chi connectivity index (χ2v) is 8.12. The first-order valence-corrected chi connectivity index (χ1v) is 11.0. The van der Waals surface area contributed by atoms with E-state index in [-0.39, 0.29) is 18.2 Å². The van der Waals surface area contributed by atoms with Crippen LogP contribution >= 0.6 is 0 Å².